The van der Waals surface area contributed by atoms with Crippen LogP contribution in [0.5, 0.6) is 0 Å². The molecule has 2 N–H and O–H groups in total. The van der Waals surface area contributed by atoms with Gasteiger partial charge >= 0.3 is 5.97 Å². The molecule has 0 bridgehead atoms. The van der Waals surface area contributed by atoms with Crippen molar-refractivity contribution >= 4 is 53.8 Å². The summed E-state index contributed by atoms with van der Waals surface area (Å²) < 4.78 is 5.08. The van der Waals surface area contributed by atoms with E-state index >= 15 is 0 Å². The number of nitrogens with one attached hydrogen (secondary N) is 2. The fourth-order valence-electron chi connectivity index (χ4n) is 4.23. The fraction of sp³-hybridized carbons (Fsp3) is 0.242. The molecule has 0 unspecified atom stereocenters. The summed E-state index contributed by atoms with van der Waals surface area (Å²) in [4.78, 5) is 37.9. The zero-order valence-corrected chi connectivity index (χ0v) is 23.9. The maximum absolute atomic E-state index is 13.2. The number of ether oxygens (including phenoxy) is 1. The average Bonchev–Trinajstić information content (AvgIpc) is 2.97. The van der Waals surface area contributed by atoms with Gasteiger partial charge in [0.05, 0.1) is 7.11 Å². The Balaban J connectivity index is 1.98. The molecule has 0 spiro atoms. The zero-order valence-electron chi connectivity index (χ0n) is 23.1. The average molecular weight is 557 g/mol. The second-order valence-corrected chi connectivity index (χ2v) is 10.2. The van der Waals surface area contributed by atoms with E-state index in [1.54, 1.807) is 11.8 Å². The van der Waals surface area contributed by atoms with Crippen LogP contribution in [0, 0.1) is 0 Å². The lowest BCUT2D eigenvalue weighted by atomic mass is 9.93. The van der Waals surface area contributed by atoms with Gasteiger partial charge in [-0.1, -0.05) is 103 Å². The van der Waals surface area contributed by atoms with Crippen LogP contribution < -0.4 is 10.6 Å². The molecule has 0 radical (unpaired) electrons. The number of methoxy groups -OCH3 is 1. The van der Waals surface area contributed by atoms with Crippen molar-refractivity contribution in [1.29, 1.82) is 0 Å². The highest BCUT2D eigenvalue weighted by atomic mass is 32.2. The molecule has 40 heavy (non-hydrogen) atoms. The summed E-state index contributed by atoms with van der Waals surface area (Å²) in [5.41, 5.74) is 4.82. The smallest absolute Gasteiger partial charge is 0.328 e. The molecule has 0 heterocycles. The van der Waals surface area contributed by atoms with Crippen LogP contribution in [-0.2, 0) is 25.5 Å². The topological polar surface area (TPSA) is 84.5 Å². The van der Waals surface area contributed by atoms with Gasteiger partial charge in [-0.3, -0.25) is 9.59 Å². The minimum atomic E-state index is -0.946. The Labute approximate surface area is 240 Å². The number of hydrogen-bond donors (Lipinski definition) is 2. The first-order valence-electron chi connectivity index (χ1n) is 13.1. The normalized spacial score (nSPS) is 12.7. The molecule has 7 heteroatoms. The number of hydrogen-bond acceptors (Lipinski definition) is 5. The molecule has 0 aromatic heterocycles. The van der Waals surface area contributed by atoms with Crippen LogP contribution in [0.25, 0.3) is 24.3 Å². The summed E-state index contributed by atoms with van der Waals surface area (Å²) in [6, 6.07) is 24.2. The van der Waals surface area contributed by atoms with Gasteiger partial charge in [-0.05, 0) is 46.2 Å². The summed E-state index contributed by atoms with van der Waals surface area (Å²) in [5, 5.41) is 5.55. The van der Waals surface area contributed by atoms with Crippen LogP contribution in [0.1, 0.15) is 41.2 Å². The number of amides is 2. The first-order valence-corrected chi connectivity index (χ1v) is 14.5. The lowest BCUT2D eigenvalue weighted by molar-refractivity contribution is -0.145. The summed E-state index contributed by atoms with van der Waals surface area (Å²) in [6.45, 7) is 1.37. The highest BCUT2D eigenvalue weighted by molar-refractivity contribution is 7.98. The van der Waals surface area contributed by atoms with Crippen LogP contribution in [-0.4, -0.2) is 49.0 Å². The van der Waals surface area contributed by atoms with Crippen molar-refractivity contribution < 1.29 is 19.1 Å². The highest BCUT2D eigenvalue weighted by Gasteiger charge is 2.28. The van der Waals surface area contributed by atoms with Crippen molar-refractivity contribution in [3.63, 3.8) is 0 Å². The first-order chi connectivity index (χ1) is 19.4. The van der Waals surface area contributed by atoms with Gasteiger partial charge in [0, 0.05) is 13.3 Å². The molecule has 2 amide bonds. The van der Waals surface area contributed by atoms with Crippen molar-refractivity contribution in [2.75, 3.05) is 19.1 Å². The van der Waals surface area contributed by atoms with Crippen molar-refractivity contribution in [3.05, 3.63) is 107 Å². The molecule has 0 aliphatic carbocycles. The number of thioether (sulfide) groups is 1. The Hall–Kier alpha value is -4.10. The number of carbonyl (C=O) groups excluding carboxylic acids is 3. The third-order valence-electron chi connectivity index (χ3n) is 6.27. The van der Waals surface area contributed by atoms with Crippen molar-refractivity contribution in [1.82, 2.24) is 10.6 Å². The second kappa shape index (κ2) is 16.1. The zero-order chi connectivity index (χ0) is 28.7. The molecular weight excluding hydrogens is 520 g/mol. The van der Waals surface area contributed by atoms with E-state index in [4.69, 9.17) is 4.74 Å². The quantitative estimate of drug-likeness (QED) is 0.215. The van der Waals surface area contributed by atoms with Crippen molar-refractivity contribution in [2.45, 2.75) is 31.8 Å². The van der Waals surface area contributed by atoms with E-state index < -0.39 is 24.0 Å². The predicted molar refractivity (Wildman–Crippen MR) is 165 cm³/mol. The maximum atomic E-state index is 13.2. The number of rotatable bonds is 13. The van der Waals surface area contributed by atoms with E-state index in [0.29, 0.717) is 12.2 Å². The third-order valence-corrected chi connectivity index (χ3v) is 6.92. The fourth-order valence-corrected chi connectivity index (χ4v) is 4.70. The molecule has 0 aliphatic rings. The Morgan fingerprint density at radius 1 is 0.775 bits per heavy atom. The van der Waals surface area contributed by atoms with Crippen LogP contribution in [0.2, 0.25) is 0 Å². The van der Waals surface area contributed by atoms with E-state index in [-0.39, 0.29) is 12.3 Å². The first kappa shape index (κ1) is 30.4. The Morgan fingerprint density at radius 2 is 1.32 bits per heavy atom. The van der Waals surface area contributed by atoms with Crippen molar-refractivity contribution in [2.24, 2.45) is 0 Å². The van der Waals surface area contributed by atoms with Gasteiger partial charge in [-0.2, -0.15) is 11.8 Å². The van der Waals surface area contributed by atoms with Gasteiger partial charge in [-0.25, -0.2) is 4.79 Å². The van der Waals surface area contributed by atoms with Gasteiger partial charge in [0.2, 0.25) is 11.8 Å². The van der Waals surface area contributed by atoms with Gasteiger partial charge in [0.25, 0.3) is 0 Å². The predicted octanol–water partition coefficient (Wildman–Crippen LogP) is 5.49. The monoisotopic (exact) mass is 556 g/mol. The van der Waals surface area contributed by atoms with Crippen LogP contribution in [0.15, 0.2) is 78.9 Å². The van der Waals surface area contributed by atoms with E-state index in [1.807, 2.05) is 109 Å². The maximum Gasteiger partial charge on any atom is 0.328 e. The molecule has 3 rings (SSSR count). The summed E-state index contributed by atoms with van der Waals surface area (Å²) in [6.07, 6.45) is 10.7. The lowest BCUT2D eigenvalue weighted by Gasteiger charge is -2.23. The molecule has 3 aromatic rings. The van der Waals surface area contributed by atoms with Crippen molar-refractivity contribution in [3.8, 4) is 0 Å². The van der Waals surface area contributed by atoms with Crippen LogP contribution >= 0.6 is 11.8 Å². The van der Waals surface area contributed by atoms with Gasteiger partial charge in [-0.15, -0.1) is 0 Å². The van der Waals surface area contributed by atoms with E-state index in [0.717, 1.165) is 27.8 Å². The molecule has 0 fully saturated rings. The van der Waals surface area contributed by atoms with Gasteiger partial charge in [0.15, 0.2) is 0 Å². The molecule has 0 saturated heterocycles. The molecule has 6 nitrogen and oxygen atoms in total. The third kappa shape index (κ3) is 9.58. The molecule has 3 aromatic carbocycles. The molecule has 0 saturated carbocycles. The molecule has 0 aliphatic heterocycles. The second-order valence-electron chi connectivity index (χ2n) is 9.23. The minimum Gasteiger partial charge on any atom is -0.467 e. The molecular formula is C33H36N2O4S. The largest absolute Gasteiger partial charge is 0.467 e. The number of esters is 1. The summed E-state index contributed by atoms with van der Waals surface area (Å²) in [5.74, 6) is -0.596. The summed E-state index contributed by atoms with van der Waals surface area (Å²) in [7, 11) is 1.30. The molecule has 208 valence electrons. The van der Waals surface area contributed by atoms with E-state index in [1.165, 1.54) is 14.0 Å². The van der Waals surface area contributed by atoms with Gasteiger partial charge in [0.1, 0.15) is 12.1 Å². The number of carbonyl (C=O) groups is 3. The van der Waals surface area contributed by atoms with Crippen LogP contribution in [0.3, 0.4) is 0 Å². The standard InChI is InChI=1S/C33H36N2O4S/c1-24(36)34-30(21-22-40-3)32(37)35-31(33(38)39-2)23-29-27(19-17-25-11-6-4-7-12-25)15-10-16-28(29)20-18-26-13-8-5-9-14-26/h4-20,30-31H,21-23H2,1-3H3,(H,34,36)(H,35,37)/b19-17+,20-18+/t30-,31-/m0/s1. The molecule has 2 atom stereocenters. The Bertz CT molecular complexity index is 1260. The Morgan fingerprint density at radius 3 is 1.80 bits per heavy atom. The SMILES string of the molecule is COC(=O)[C@H](Cc1c(/C=C/c2ccccc2)cccc1/C=C/c1ccccc1)NC(=O)[C@H](CCSC)NC(C)=O. The minimum absolute atomic E-state index is 0.206. The lowest BCUT2D eigenvalue weighted by Crippen LogP contribution is -2.52. The van der Waals surface area contributed by atoms with E-state index in [2.05, 4.69) is 10.6 Å². The summed E-state index contributed by atoms with van der Waals surface area (Å²) >= 11 is 1.58. The van der Waals surface area contributed by atoms with Gasteiger partial charge < -0.3 is 15.4 Å². The Kier molecular flexibility index (Phi) is 12.3. The van der Waals surface area contributed by atoms with E-state index in [9.17, 15) is 14.4 Å². The number of benzene rings is 3. The van der Waals surface area contributed by atoms with Crippen LogP contribution in [0.4, 0.5) is 0 Å². The highest BCUT2D eigenvalue weighted by Crippen LogP contribution is 2.23.